The second-order valence-electron chi connectivity index (χ2n) is 5.99. The Morgan fingerprint density at radius 1 is 1.33 bits per heavy atom. The molecule has 0 aromatic carbocycles. The number of nitrogens with two attached hydrogens (primary N) is 3. The largest absolute Gasteiger partial charge is 0.397 e. The van der Waals surface area contributed by atoms with Crippen LogP contribution in [0.25, 0.3) is 10.2 Å². The van der Waals surface area contributed by atoms with Gasteiger partial charge in [-0.15, -0.1) is 11.3 Å². The molecule has 1 fully saturated rings. The third kappa shape index (κ3) is 4.29. The fraction of sp³-hybridized carbons (Fsp3) is 0.471. The molecule has 0 spiro atoms. The van der Waals surface area contributed by atoms with Crippen molar-refractivity contribution in [2.45, 2.75) is 19.8 Å². The van der Waals surface area contributed by atoms with Crippen molar-refractivity contribution in [2.24, 2.45) is 11.6 Å². The van der Waals surface area contributed by atoms with E-state index in [4.69, 9.17) is 16.6 Å². The highest BCUT2D eigenvalue weighted by atomic mass is 32.1. The minimum absolute atomic E-state index is 0.267. The molecule has 10 heteroatoms. The summed E-state index contributed by atoms with van der Waals surface area (Å²) in [6.07, 6.45) is 2.65. The third-order valence-electron chi connectivity index (χ3n) is 4.44. The van der Waals surface area contributed by atoms with Gasteiger partial charge in [0.05, 0.1) is 10.6 Å². The van der Waals surface area contributed by atoms with Gasteiger partial charge < -0.3 is 21.3 Å². The number of aldehydes is 1. The maximum atomic E-state index is 11.6. The van der Waals surface area contributed by atoms with Crippen molar-refractivity contribution in [3.63, 3.8) is 0 Å². The molecule has 9 nitrogen and oxygen atoms in total. The summed E-state index contributed by atoms with van der Waals surface area (Å²) in [6.45, 7) is 4.63. The number of pyridine rings is 1. The number of aromatic nitrogens is 1. The molecule has 148 valence electrons. The molecule has 7 N–H and O–H groups in total. The van der Waals surface area contributed by atoms with Crippen molar-refractivity contribution in [3.05, 3.63) is 16.5 Å². The predicted octanol–water partition coefficient (Wildman–Crippen LogP) is 0.924. The standard InChI is InChI=1S/C16H22N6O2S.CH5N/c1-2-3-10-8-12(19-15-13(10)14(17)11(9-23)25-15)21-4-6-22(7-5-21)16(24)20-18;1-2/h8-9H,2-7,17-18H2,1H3,(H,20,24);2H2,1H3. The Balaban J connectivity index is 0.00000126. The van der Waals surface area contributed by atoms with Crippen molar-refractivity contribution in [3.8, 4) is 0 Å². The lowest BCUT2D eigenvalue weighted by molar-refractivity contribution is 0.112. The van der Waals surface area contributed by atoms with Crippen LogP contribution in [0.2, 0.25) is 0 Å². The lowest BCUT2D eigenvalue weighted by Crippen LogP contribution is -2.53. The van der Waals surface area contributed by atoms with Crippen LogP contribution in [0.4, 0.5) is 16.3 Å². The fourth-order valence-electron chi connectivity index (χ4n) is 3.15. The van der Waals surface area contributed by atoms with Gasteiger partial charge in [0.1, 0.15) is 10.6 Å². The van der Waals surface area contributed by atoms with Crippen molar-refractivity contribution in [1.82, 2.24) is 15.3 Å². The summed E-state index contributed by atoms with van der Waals surface area (Å²) in [7, 11) is 1.50. The van der Waals surface area contributed by atoms with E-state index in [0.717, 1.165) is 40.7 Å². The van der Waals surface area contributed by atoms with E-state index in [9.17, 15) is 9.59 Å². The van der Waals surface area contributed by atoms with Gasteiger partial charge in [0.15, 0.2) is 6.29 Å². The predicted molar refractivity (Wildman–Crippen MR) is 110 cm³/mol. The van der Waals surface area contributed by atoms with Gasteiger partial charge in [-0.1, -0.05) is 13.3 Å². The molecule has 2 aromatic heterocycles. The van der Waals surface area contributed by atoms with E-state index in [-0.39, 0.29) is 6.03 Å². The van der Waals surface area contributed by atoms with Crippen LogP contribution < -0.4 is 27.6 Å². The number of rotatable bonds is 4. The van der Waals surface area contributed by atoms with Crippen molar-refractivity contribution in [1.29, 1.82) is 0 Å². The number of thiophene rings is 1. The first-order valence-electron chi connectivity index (χ1n) is 8.84. The van der Waals surface area contributed by atoms with Crippen LogP contribution >= 0.6 is 11.3 Å². The molecule has 0 saturated carbocycles. The van der Waals surface area contributed by atoms with Crippen LogP contribution in [0.1, 0.15) is 28.6 Å². The molecule has 0 unspecified atom stereocenters. The second-order valence-corrected chi connectivity index (χ2v) is 7.02. The monoisotopic (exact) mass is 393 g/mol. The zero-order valence-corrected chi connectivity index (χ0v) is 16.5. The van der Waals surface area contributed by atoms with E-state index >= 15 is 0 Å². The first kappa shape index (κ1) is 20.9. The molecule has 0 atom stereocenters. The number of hydrogen-bond donors (Lipinski definition) is 4. The number of carbonyl (C=O) groups is 2. The second kappa shape index (κ2) is 9.49. The van der Waals surface area contributed by atoms with Crippen LogP contribution in [0, 0.1) is 0 Å². The highest BCUT2D eigenvalue weighted by Crippen LogP contribution is 2.36. The molecule has 0 radical (unpaired) electrons. The summed E-state index contributed by atoms with van der Waals surface area (Å²) in [4.78, 5) is 32.7. The SMILES string of the molecule is CCCc1cc(N2CCN(C(=O)NN)CC2)nc2sc(C=O)c(N)c12.CN. The maximum absolute atomic E-state index is 11.6. The van der Waals surface area contributed by atoms with E-state index in [1.54, 1.807) is 4.90 Å². The van der Waals surface area contributed by atoms with Crippen molar-refractivity contribution in [2.75, 3.05) is 43.9 Å². The van der Waals surface area contributed by atoms with Gasteiger partial charge in [-0.3, -0.25) is 10.2 Å². The number of nitrogen functional groups attached to an aromatic ring is 1. The fourth-order valence-corrected chi connectivity index (χ4v) is 4.10. The number of nitrogens with zero attached hydrogens (tertiary/aromatic N) is 3. The minimum Gasteiger partial charge on any atom is -0.397 e. The average molecular weight is 394 g/mol. The van der Waals surface area contributed by atoms with Crippen molar-refractivity contribution >= 4 is 45.4 Å². The Hall–Kier alpha value is -2.43. The molecule has 1 saturated heterocycles. The number of nitrogens with one attached hydrogen (secondary N) is 1. The molecule has 3 rings (SSSR count). The van der Waals surface area contributed by atoms with Gasteiger partial charge in [-0.05, 0) is 25.1 Å². The molecule has 0 bridgehead atoms. The highest BCUT2D eigenvalue weighted by molar-refractivity contribution is 7.20. The first-order chi connectivity index (χ1) is 13.1. The van der Waals surface area contributed by atoms with Crippen LogP contribution in [-0.2, 0) is 6.42 Å². The lowest BCUT2D eigenvalue weighted by Gasteiger charge is -2.35. The van der Waals surface area contributed by atoms with Gasteiger partial charge in [0.25, 0.3) is 0 Å². The summed E-state index contributed by atoms with van der Waals surface area (Å²) in [5.74, 6) is 6.05. The highest BCUT2D eigenvalue weighted by Gasteiger charge is 2.23. The Kier molecular flexibility index (Phi) is 7.34. The Morgan fingerprint density at radius 2 is 2.00 bits per heavy atom. The number of hydrazine groups is 1. The number of urea groups is 1. The molecule has 0 aliphatic carbocycles. The number of amides is 2. The molecule has 2 amide bonds. The third-order valence-corrected chi connectivity index (χ3v) is 5.46. The van der Waals surface area contributed by atoms with Gasteiger partial charge >= 0.3 is 6.03 Å². The molecule has 2 aromatic rings. The van der Waals surface area contributed by atoms with Crippen LogP contribution in [0.3, 0.4) is 0 Å². The van der Waals surface area contributed by atoms with E-state index in [1.165, 1.54) is 18.4 Å². The van der Waals surface area contributed by atoms with Gasteiger partial charge in [0.2, 0.25) is 0 Å². The average Bonchev–Trinajstić information content (AvgIpc) is 3.05. The number of anilines is 2. The normalized spacial score (nSPS) is 13.9. The van der Waals surface area contributed by atoms with Gasteiger partial charge in [-0.25, -0.2) is 15.6 Å². The lowest BCUT2D eigenvalue weighted by atomic mass is 10.1. The number of aryl methyl sites for hydroxylation is 1. The quantitative estimate of drug-likeness (QED) is 0.262. The summed E-state index contributed by atoms with van der Waals surface area (Å²) < 4.78 is 0. The zero-order valence-electron chi connectivity index (χ0n) is 15.7. The summed E-state index contributed by atoms with van der Waals surface area (Å²) in [5.41, 5.74) is 14.4. The van der Waals surface area contributed by atoms with Crippen LogP contribution in [0.5, 0.6) is 0 Å². The Labute approximate surface area is 162 Å². The molecule has 3 heterocycles. The topological polar surface area (TPSA) is 144 Å². The molecule has 1 aliphatic heterocycles. The van der Waals surface area contributed by atoms with E-state index < -0.39 is 0 Å². The number of carbonyl (C=O) groups excluding carboxylic acids is 2. The Morgan fingerprint density at radius 3 is 2.56 bits per heavy atom. The van der Waals surface area contributed by atoms with Crippen LogP contribution in [-0.4, -0.2) is 55.4 Å². The summed E-state index contributed by atoms with van der Waals surface area (Å²) in [6, 6.07) is 1.79. The smallest absolute Gasteiger partial charge is 0.331 e. The van der Waals surface area contributed by atoms with Gasteiger partial charge in [-0.2, -0.15) is 0 Å². The first-order valence-corrected chi connectivity index (χ1v) is 9.66. The minimum atomic E-state index is -0.267. The number of piperazine rings is 1. The van der Waals surface area contributed by atoms with Gasteiger partial charge in [0, 0.05) is 31.6 Å². The zero-order chi connectivity index (χ0) is 20.0. The number of hydrogen-bond acceptors (Lipinski definition) is 8. The number of fused-ring (bicyclic) bond motifs is 1. The van der Waals surface area contributed by atoms with Crippen LogP contribution in [0.15, 0.2) is 6.07 Å². The molecule has 27 heavy (non-hydrogen) atoms. The van der Waals surface area contributed by atoms with Crippen molar-refractivity contribution < 1.29 is 9.59 Å². The maximum Gasteiger partial charge on any atom is 0.331 e. The summed E-state index contributed by atoms with van der Waals surface area (Å²) in [5, 5.41) is 0.902. The summed E-state index contributed by atoms with van der Waals surface area (Å²) >= 11 is 1.33. The van der Waals surface area contributed by atoms with E-state index in [0.29, 0.717) is 36.7 Å². The van der Waals surface area contributed by atoms with E-state index in [2.05, 4.69) is 29.0 Å². The molecular weight excluding hydrogens is 366 g/mol. The van der Waals surface area contributed by atoms with E-state index in [1.807, 2.05) is 0 Å². The Bertz CT molecular complexity index is 800. The molecule has 1 aliphatic rings. The molecular formula is C17H27N7O2S.